The first-order valence-electron chi connectivity index (χ1n) is 5.78. The topological polar surface area (TPSA) is 82.8 Å². The van der Waals surface area contributed by atoms with Crippen molar-refractivity contribution in [3.8, 4) is 0 Å². The Morgan fingerprint density at radius 2 is 2.22 bits per heavy atom. The molecule has 98 valence electrons. The van der Waals surface area contributed by atoms with Crippen molar-refractivity contribution >= 4 is 11.9 Å². The van der Waals surface area contributed by atoms with Crippen LogP contribution < -0.4 is 0 Å². The quantitative estimate of drug-likeness (QED) is 0.803. The molecule has 0 bridgehead atoms. The van der Waals surface area contributed by atoms with Crippen LogP contribution in [0, 0.1) is 0 Å². The third kappa shape index (κ3) is 2.53. The summed E-state index contributed by atoms with van der Waals surface area (Å²) in [6.07, 6.45) is 2.12. The largest absolute Gasteiger partial charge is 0.477 e. The van der Waals surface area contributed by atoms with E-state index in [1.54, 1.807) is 24.1 Å². The molecule has 2 rings (SSSR count). The Bertz CT molecular complexity index is 478. The van der Waals surface area contributed by atoms with Crippen molar-refractivity contribution in [2.75, 3.05) is 13.1 Å². The zero-order valence-corrected chi connectivity index (χ0v) is 10.2. The van der Waals surface area contributed by atoms with Gasteiger partial charge in [0.25, 0.3) is 0 Å². The Kier molecular flexibility index (Phi) is 3.13. The van der Waals surface area contributed by atoms with Gasteiger partial charge in [-0.2, -0.15) is 0 Å². The number of nitrogens with zero attached hydrogens (tertiary/aromatic N) is 2. The molecule has 0 aliphatic carbocycles. The van der Waals surface area contributed by atoms with Crippen LogP contribution in [0.1, 0.15) is 23.8 Å². The Morgan fingerprint density at radius 1 is 1.50 bits per heavy atom. The smallest absolute Gasteiger partial charge is 0.352 e. The summed E-state index contributed by atoms with van der Waals surface area (Å²) in [5, 5.41) is 18.7. The van der Waals surface area contributed by atoms with Crippen molar-refractivity contribution in [3.05, 3.63) is 24.0 Å². The lowest BCUT2D eigenvalue weighted by atomic mass is 10.1. The van der Waals surface area contributed by atoms with E-state index in [9.17, 15) is 14.7 Å². The number of carbonyl (C=O) groups is 2. The third-order valence-electron chi connectivity index (χ3n) is 3.16. The molecule has 0 spiro atoms. The number of aromatic carboxylic acids is 1. The molecule has 0 saturated carbocycles. The van der Waals surface area contributed by atoms with E-state index < -0.39 is 11.6 Å². The molecule has 1 aliphatic rings. The van der Waals surface area contributed by atoms with Crippen LogP contribution in [-0.4, -0.2) is 50.2 Å². The van der Waals surface area contributed by atoms with Crippen molar-refractivity contribution in [1.29, 1.82) is 0 Å². The molecule has 6 nitrogen and oxygen atoms in total. The standard InChI is InChI=1S/C12H16N2O4/c1-12(18)4-6-14(8-12)10(15)7-13-5-2-3-9(13)11(16)17/h2-3,5,18H,4,6-8H2,1H3,(H,16,17). The minimum Gasteiger partial charge on any atom is -0.477 e. The van der Waals surface area contributed by atoms with Crippen LogP contribution in [0.5, 0.6) is 0 Å². The molecule has 1 atom stereocenters. The van der Waals surface area contributed by atoms with Crippen molar-refractivity contribution in [2.24, 2.45) is 0 Å². The van der Waals surface area contributed by atoms with E-state index in [1.807, 2.05) is 0 Å². The summed E-state index contributed by atoms with van der Waals surface area (Å²) in [5.74, 6) is -1.23. The lowest BCUT2D eigenvalue weighted by Gasteiger charge is -2.19. The maximum absolute atomic E-state index is 12.0. The zero-order valence-electron chi connectivity index (χ0n) is 10.2. The minimum absolute atomic E-state index is 0.00921. The number of carboxylic acid groups (broad SMARTS) is 1. The van der Waals surface area contributed by atoms with Crippen LogP contribution >= 0.6 is 0 Å². The fourth-order valence-electron chi connectivity index (χ4n) is 2.15. The highest BCUT2D eigenvalue weighted by molar-refractivity contribution is 5.87. The van der Waals surface area contributed by atoms with Gasteiger partial charge in [-0.3, -0.25) is 4.79 Å². The second-order valence-electron chi connectivity index (χ2n) is 4.89. The fourth-order valence-corrected chi connectivity index (χ4v) is 2.15. The number of carbonyl (C=O) groups excluding carboxylic acids is 1. The number of amides is 1. The molecule has 2 N–H and O–H groups in total. The van der Waals surface area contributed by atoms with Gasteiger partial charge in [-0.15, -0.1) is 0 Å². The molecule has 1 aliphatic heterocycles. The average molecular weight is 252 g/mol. The Balaban J connectivity index is 2.04. The van der Waals surface area contributed by atoms with E-state index >= 15 is 0 Å². The van der Waals surface area contributed by atoms with Gasteiger partial charge in [0.2, 0.25) is 5.91 Å². The van der Waals surface area contributed by atoms with Crippen LogP contribution in [0.4, 0.5) is 0 Å². The average Bonchev–Trinajstić information content (AvgIpc) is 2.84. The molecule has 2 heterocycles. The van der Waals surface area contributed by atoms with Gasteiger partial charge in [-0.05, 0) is 25.5 Å². The van der Waals surface area contributed by atoms with Crippen LogP contribution in [0.3, 0.4) is 0 Å². The van der Waals surface area contributed by atoms with Gasteiger partial charge in [-0.1, -0.05) is 0 Å². The molecule has 1 fully saturated rings. The third-order valence-corrected chi connectivity index (χ3v) is 3.16. The van der Waals surface area contributed by atoms with Crippen LogP contribution in [0.2, 0.25) is 0 Å². The van der Waals surface area contributed by atoms with Crippen molar-refractivity contribution in [2.45, 2.75) is 25.5 Å². The monoisotopic (exact) mass is 252 g/mol. The normalized spacial score (nSPS) is 23.3. The molecule has 1 aromatic rings. The van der Waals surface area contributed by atoms with E-state index in [2.05, 4.69) is 0 Å². The number of rotatable bonds is 3. The predicted molar refractivity (Wildman–Crippen MR) is 63.2 cm³/mol. The lowest BCUT2D eigenvalue weighted by molar-refractivity contribution is -0.131. The first-order valence-corrected chi connectivity index (χ1v) is 5.78. The molecule has 0 radical (unpaired) electrons. The van der Waals surface area contributed by atoms with Gasteiger partial charge in [-0.25, -0.2) is 4.79 Å². The Morgan fingerprint density at radius 3 is 2.78 bits per heavy atom. The molecule has 6 heteroatoms. The summed E-state index contributed by atoms with van der Waals surface area (Å²) in [6.45, 7) is 2.49. The first kappa shape index (κ1) is 12.6. The number of aromatic nitrogens is 1. The molecule has 18 heavy (non-hydrogen) atoms. The number of carboxylic acids is 1. The van der Waals surface area contributed by atoms with Crippen molar-refractivity contribution < 1.29 is 19.8 Å². The SMILES string of the molecule is CC1(O)CCN(C(=O)Cn2cccc2C(=O)O)C1. The van der Waals surface area contributed by atoms with Gasteiger partial charge >= 0.3 is 5.97 Å². The number of β-amino-alcohol motifs (C(OH)–C–C–N with tert-alkyl or cyclic N) is 1. The Labute approximate surface area is 104 Å². The van der Waals surface area contributed by atoms with Gasteiger partial charge in [0.15, 0.2) is 0 Å². The maximum Gasteiger partial charge on any atom is 0.352 e. The van der Waals surface area contributed by atoms with Crippen molar-refractivity contribution in [3.63, 3.8) is 0 Å². The van der Waals surface area contributed by atoms with Gasteiger partial charge in [0.1, 0.15) is 12.2 Å². The molecular weight excluding hydrogens is 236 g/mol. The first-order chi connectivity index (χ1) is 8.39. The van der Waals surface area contributed by atoms with Crippen LogP contribution in [0.15, 0.2) is 18.3 Å². The van der Waals surface area contributed by atoms with E-state index in [1.165, 1.54) is 10.6 Å². The Hall–Kier alpha value is -1.82. The van der Waals surface area contributed by atoms with E-state index in [0.717, 1.165) is 0 Å². The van der Waals surface area contributed by atoms with Crippen LogP contribution in [0.25, 0.3) is 0 Å². The summed E-state index contributed by atoms with van der Waals surface area (Å²) >= 11 is 0. The summed E-state index contributed by atoms with van der Waals surface area (Å²) < 4.78 is 1.40. The number of hydrogen-bond acceptors (Lipinski definition) is 3. The summed E-state index contributed by atoms with van der Waals surface area (Å²) in [4.78, 5) is 24.4. The summed E-state index contributed by atoms with van der Waals surface area (Å²) in [7, 11) is 0. The summed E-state index contributed by atoms with van der Waals surface area (Å²) in [6, 6.07) is 3.05. The number of aliphatic hydroxyl groups is 1. The highest BCUT2D eigenvalue weighted by atomic mass is 16.4. The van der Waals surface area contributed by atoms with Gasteiger partial charge < -0.3 is 19.7 Å². The predicted octanol–water partition coefficient (Wildman–Crippen LogP) is 0.170. The van der Waals surface area contributed by atoms with Gasteiger partial charge in [0.05, 0.1) is 5.60 Å². The number of likely N-dealkylation sites (tertiary alicyclic amines) is 1. The van der Waals surface area contributed by atoms with Gasteiger partial charge in [0, 0.05) is 19.3 Å². The highest BCUT2D eigenvalue weighted by Gasteiger charge is 2.33. The lowest BCUT2D eigenvalue weighted by Crippen LogP contribution is -2.36. The van der Waals surface area contributed by atoms with E-state index in [-0.39, 0.29) is 18.1 Å². The van der Waals surface area contributed by atoms with Crippen molar-refractivity contribution in [1.82, 2.24) is 9.47 Å². The van der Waals surface area contributed by atoms with E-state index in [4.69, 9.17) is 5.11 Å². The molecular formula is C12H16N2O4. The summed E-state index contributed by atoms with van der Waals surface area (Å²) in [5.41, 5.74) is -0.739. The highest BCUT2D eigenvalue weighted by Crippen LogP contribution is 2.20. The molecule has 1 unspecified atom stereocenters. The molecule has 1 saturated heterocycles. The fraction of sp³-hybridized carbons (Fsp3) is 0.500. The maximum atomic E-state index is 12.0. The number of hydrogen-bond donors (Lipinski definition) is 2. The second-order valence-corrected chi connectivity index (χ2v) is 4.89. The molecule has 1 aromatic heterocycles. The minimum atomic E-state index is -1.05. The molecule has 1 amide bonds. The van der Waals surface area contributed by atoms with Crippen LogP contribution in [-0.2, 0) is 11.3 Å². The van der Waals surface area contributed by atoms with E-state index in [0.29, 0.717) is 19.5 Å². The zero-order chi connectivity index (χ0) is 13.3. The second kappa shape index (κ2) is 4.45. The molecule has 0 aromatic carbocycles.